The summed E-state index contributed by atoms with van der Waals surface area (Å²) >= 11 is 4.80. The Morgan fingerprint density at radius 2 is 2.60 bits per heavy atom. The third kappa shape index (κ3) is 1.44. The van der Waals surface area contributed by atoms with Crippen LogP contribution in [0.2, 0.25) is 0 Å². The summed E-state index contributed by atoms with van der Waals surface area (Å²) in [4.78, 5) is 13.1. The molecular formula is C5H7N3OS. The van der Waals surface area contributed by atoms with E-state index in [0.29, 0.717) is 4.77 Å². The maximum absolute atomic E-state index is 10.4. The van der Waals surface area contributed by atoms with Crippen molar-refractivity contribution in [2.75, 3.05) is 0 Å². The van der Waals surface area contributed by atoms with Crippen LogP contribution in [0.15, 0.2) is 12.4 Å². The fourth-order valence-electron chi connectivity index (χ4n) is 0.642. The predicted molar refractivity (Wildman–Crippen MR) is 38.8 cm³/mol. The Kier molecular flexibility index (Phi) is 1.86. The Labute approximate surface area is 62.7 Å². The van der Waals surface area contributed by atoms with Crippen LogP contribution < -0.4 is 5.73 Å². The summed E-state index contributed by atoms with van der Waals surface area (Å²) in [6.07, 6.45) is 3.33. The van der Waals surface area contributed by atoms with Gasteiger partial charge in [-0.3, -0.25) is 4.79 Å². The number of nitrogens with two attached hydrogens (primary N) is 1. The molecule has 0 saturated carbocycles. The highest BCUT2D eigenvalue weighted by atomic mass is 32.1. The molecule has 0 aromatic carbocycles. The Balaban J connectivity index is 2.85. The van der Waals surface area contributed by atoms with Crippen LogP contribution in [0.5, 0.6) is 0 Å². The Morgan fingerprint density at radius 3 is 3.00 bits per heavy atom. The van der Waals surface area contributed by atoms with E-state index in [0.717, 1.165) is 0 Å². The first-order valence-corrected chi connectivity index (χ1v) is 3.13. The second kappa shape index (κ2) is 2.66. The fraction of sp³-hybridized carbons (Fsp3) is 0.200. The quantitative estimate of drug-likeness (QED) is 0.595. The number of carbonyl (C=O) groups is 1. The van der Waals surface area contributed by atoms with Crippen LogP contribution >= 0.6 is 12.2 Å². The molecule has 0 bridgehead atoms. The highest BCUT2D eigenvalue weighted by molar-refractivity contribution is 7.71. The molecule has 0 atom stereocenters. The molecule has 4 nitrogen and oxygen atoms in total. The molecule has 1 rings (SSSR count). The molecule has 0 aliphatic rings. The zero-order valence-electron chi connectivity index (χ0n) is 5.20. The molecule has 0 aliphatic carbocycles. The zero-order chi connectivity index (χ0) is 7.56. The lowest BCUT2D eigenvalue weighted by atomic mass is 10.6. The van der Waals surface area contributed by atoms with Crippen molar-refractivity contribution in [3.8, 4) is 0 Å². The van der Waals surface area contributed by atoms with Crippen molar-refractivity contribution in [1.82, 2.24) is 9.55 Å². The van der Waals surface area contributed by atoms with Gasteiger partial charge in [0.2, 0.25) is 5.91 Å². The summed E-state index contributed by atoms with van der Waals surface area (Å²) in [5.74, 6) is -0.393. The lowest BCUT2D eigenvalue weighted by Crippen LogP contribution is -2.18. The second-order valence-electron chi connectivity index (χ2n) is 1.86. The van der Waals surface area contributed by atoms with Crippen LogP contribution in [-0.4, -0.2) is 15.5 Å². The molecule has 1 aromatic rings. The van der Waals surface area contributed by atoms with Crippen molar-refractivity contribution in [2.45, 2.75) is 6.54 Å². The average Bonchev–Trinajstić information content (AvgIpc) is 2.15. The molecule has 0 radical (unpaired) electrons. The van der Waals surface area contributed by atoms with Gasteiger partial charge < -0.3 is 15.3 Å². The number of nitrogens with one attached hydrogen (secondary N) is 1. The first-order valence-electron chi connectivity index (χ1n) is 2.72. The molecular weight excluding hydrogens is 150 g/mol. The zero-order valence-corrected chi connectivity index (χ0v) is 6.02. The number of aromatic amines is 1. The van der Waals surface area contributed by atoms with Crippen molar-refractivity contribution < 1.29 is 4.79 Å². The highest BCUT2D eigenvalue weighted by Crippen LogP contribution is 1.88. The molecule has 3 N–H and O–H groups in total. The fourth-order valence-corrected chi connectivity index (χ4v) is 0.835. The molecule has 1 amide bonds. The van der Waals surface area contributed by atoms with Crippen molar-refractivity contribution >= 4 is 18.1 Å². The summed E-state index contributed by atoms with van der Waals surface area (Å²) < 4.78 is 2.08. The van der Waals surface area contributed by atoms with Crippen molar-refractivity contribution in [2.24, 2.45) is 5.73 Å². The molecule has 0 spiro atoms. The van der Waals surface area contributed by atoms with E-state index in [2.05, 4.69) is 4.98 Å². The Hall–Kier alpha value is -1.10. The first kappa shape index (κ1) is 7.01. The number of primary amides is 1. The molecule has 1 heterocycles. The number of rotatable bonds is 2. The smallest absolute Gasteiger partial charge is 0.237 e. The van der Waals surface area contributed by atoms with Gasteiger partial charge in [0, 0.05) is 12.4 Å². The summed E-state index contributed by atoms with van der Waals surface area (Å²) in [6, 6.07) is 0. The predicted octanol–water partition coefficient (Wildman–Crippen LogP) is 0.0310. The SMILES string of the molecule is NC(=O)Cn1cc[nH]c1=S. The van der Waals surface area contributed by atoms with Crippen LogP contribution in [0.25, 0.3) is 0 Å². The van der Waals surface area contributed by atoms with Crippen molar-refractivity contribution in [1.29, 1.82) is 0 Å². The number of hydrogen-bond donors (Lipinski definition) is 2. The topological polar surface area (TPSA) is 63.8 Å². The van der Waals surface area contributed by atoms with Gasteiger partial charge in [-0.05, 0) is 12.2 Å². The molecule has 0 fully saturated rings. The Morgan fingerprint density at radius 1 is 1.90 bits per heavy atom. The molecule has 5 heteroatoms. The maximum Gasteiger partial charge on any atom is 0.237 e. The molecule has 1 aromatic heterocycles. The van der Waals surface area contributed by atoms with E-state index in [4.69, 9.17) is 18.0 Å². The lowest BCUT2D eigenvalue weighted by Gasteiger charge is -1.94. The van der Waals surface area contributed by atoms with Gasteiger partial charge in [0.05, 0.1) is 0 Å². The van der Waals surface area contributed by atoms with Crippen LogP contribution in [0.4, 0.5) is 0 Å². The van der Waals surface area contributed by atoms with E-state index in [1.165, 1.54) is 0 Å². The number of H-pyrrole nitrogens is 1. The van der Waals surface area contributed by atoms with E-state index < -0.39 is 5.91 Å². The number of imidazole rings is 1. The average molecular weight is 157 g/mol. The van der Waals surface area contributed by atoms with Crippen LogP contribution in [-0.2, 0) is 11.3 Å². The normalized spacial score (nSPS) is 9.60. The molecule has 54 valence electrons. The first-order chi connectivity index (χ1) is 4.70. The number of hydrogen-bond acceptors (Lipinski definition) is 2. The second-order valence-corrected chi connectivity index (χ2v) is 2.25. The number of aromatic nitrogens is 2. The van der Waals surface area contributed by atoms with Gasteiger partial charge in [-0.1, -0.05) is 0 Å². The summed E-state index contributed by atoms with van der Waals surface area (Å²) in [7, 11) is 0. The van der Waals surface area contributed by atoms with E-state index in [-0.39, 0.29) is 6.54 Å². The molecule has 0 saturated heterocycles. The van der Waals surface area contributed by atoms with Gasteiger partial charge in [0.25, 0.3) is 0 Å². The molecule has 0 unspecified atom stereocenters. The van der Waals surface area contributed by atoms with Gasteiger partial charge in [-0.15, -0.1) is 0 Å². The van der Waals surface area contributed by atoms with Crippen LogP contribution in [0.3, 0.4) is 0 Å². The van der Waals surface area contributed by atoms with Crippen LogP contribution in [0.1, 0.15) is 0 Å². The van der Waals surface area contributed by atoms with Gasteiger partial charge in [-0.2, -0.15) is 0 Å². The van der Waals surface area contributed by atoms with E-state index in [9.17, 15) is 4.79 Å². The largest absolute Gasteiger partial charge is 0.368 e. The van der Waals surface area contributed by atoms with Crippen molar-refractivity contribution in [3.63, 3.8) is 0 Å². The monoisotopic (exact) mass is 157 g/mol. The number of amides is 1. The van der Waals surface area contributed by atoms with Gasteiger partial charge in [0.15, 0.2) is 4.77 Å². The lowest BCUT2D eigenvalue weighted by molar-refractivity contribution is -0.118. The third-order valence-electron chi connectivity index (χ3n) is 1.05. The van der Waals surface area contributed by atoms with E-state index in [1.807, 2.05) is 0 Å². The summed E-state index contributed by atoms with van der Waals surface area (Å²) in [6.45, 7) is 0.141. The summed E-state index contributed by atoms with van der Waals surface area (Å²) in [5.41, 5.74) is 4.93. The highest BCUT2D eigenvalue weighted by Gasteiger charge is 1.95. The third-order valence-corrected chi connectivity index (χ3v) is 1.40. The minimum atomic E-state index is -0.393. The minimum absolute atomic E-state index is 0.141. The van der Waals surface area contributed by atoms with E-state index in [1.54, 1.807) is 17.0 Å². The van der Waals surface area contributed by atoms with E-state index >= 15 is 0 Å². The molecule has 0 aliphatic heterocycles. The maximum atomic E-state index is 10.4. The Bertz CT molecular complexity index is 287. The van der Waals surface area contributed by atoms with Crippen molar-refractivity contribution in [3.05, 3.63) is 17.2 Å². The summed E-state index contributed by atoms with van der Waals surface area (Å²) in [5, 5.41) is 0. The molecule has 10 heavy (non-hydrogen) atoms. The standard InChI is InChI=1S/C5H7N3OS/c6-4(9)3-8-2-1-7-5(8)10/h1-2H,3H2,(H2,6,9)(H,7,10). The minimum Gasteiger partial charge on any atom is -0.368 e. The van der Waals surface area contributed by atoms with Gasteiger partial charge in [0.1, 0.15) is 6.54 Å². The van der Waals surface area contributed by atoms with Crippen LogP contribution in [0, 0.1) is 4.77 Å². The number of carbonyl (C=O) groups excluding carboxylic acids is 1. The van der Waals surface area contributed by atoms with Gasteiger partial charge in [-0.25, -0.2) is 0 Å². The number of nitrogens with zero attached hydrogens (tertiary/aromatic N) is 1. The van der Waals surface area contributed by atoms with Gasteiger partial charge >= 0.3 is 0 Å².